The molecule has 0 radical (unpaired) electrons. The summed E-state index contributed by atoms with van der Waals surface area (Å²) in [5.41, 5.74) is 6.01. The highest BCUT2D eigenvalue weighted by Gasteiger charge is 2.17. The molecule has 0 amide bonds. The van der Waals surface area contributed by atoms with Crippen molar-refractivity contribution in [3.63, 3.8) is 0 Å². The Morgan fingerprint density at radius 2 is 1.78 bits per heavy atom. The second kappa shape index (κ2) is 8.01. The highest BCUT2D eigenvalue weighted by molar-refractivity contribution is 5.62. The molecule has 0 atom stereocenters. The van der Waals surface area contributed by atoms with Gasteiger partial charge in [-0.1, -0.05) is 31.1 Å². The van der Waals surface area contributed by atoms with Gasteiger partial charge in [0.2, 0.25) is 0 Å². The smallest absolute Gasteiger partial charge is 0.122 e. The number of piperidine rings is 1. The molecule has 126 valence electrons. The van der Waals surface area contributed by atoms with Crippen LogP contribution in [-0.4, -0.2) is 31.6 Å². The van der Waals surface area contributed by atoms with E-state index in [-0.39, 0.29) is 0 Å². The number of rotatable bonds is 5. The molecule has 0 aromatic heterocycles. The number of hydrogen-bond donors (Lipinski definition) is 0. The number of nitrogens with zero attached hydrogens (tertiary/aromatic N) is 1. The van der Waals surface area contributed by atoms with Crippen LogP contribution in [0.5, 0.6) is 5.75 Å². The van der Waals surface area contributed by atoms with Crippen LogP contribution < -0.4 is 4.74 Å². The van der Waals surface area contributed by atoms with E-state index < -0.39 is 0 Å². The summed E-state index contributed by atoms with van der Waals surface area (Å²) in [7, 11) is 1.80. The Morgan fingerprint density at radius 1 is 1.04 bits per heavy atom. The summed E-state index contributed by atoms with van der Waals surface area (Å²) in [5.74, 6) is 1.09. The Bertz CT molecular complexity index is 555. The lowest BCUT2D eigenvalue weighted by molar-refractivity contribution is 0.245. The first-order valence-electron chi connectivity index (χ1n) is 9.42. The summed E-state index contributed by atoms with van der Waals surface area (Å²) in [6, 6.07) is 4.44. The summed E-state index contributed by atoms with van der Waals surface area (Å²) in [6.45, 7) is 6.00. The summed E-state index contributed by atoms with van der Waals surface area (Å²) >= 11 is 0. The standard InChI is InChI=1S/C21H31NO/c1-3-17(16-22-13-7-4-8-14-22)15-18-11-12-21(23-2)20-10-6-5-9-19(18)20/h11-12,15H,3-10,13-14,16H2,1-2H3/b17-15-. The largest absolute Gasteiger partial charge is 0.496 e. The minimum atomic E-state index is 1.09. The summed E-state index contributed by atoms with van der Waals surface area (Å²) in [6.07, 6.45) is 12.8. The summed E-state index contributed by atoms with van der Waals surface area (Å²) < 4.78 is 5.59. The normalized spacial score (nSPS) is 19.5. The predicted octanol–water partition coefficient (Wildman–Crippen LogP) is 4.85. The van der Waals surface area contributed by atoms with E-state index in [9.17, 15) is 0 Å². The van der Waals surface area contributed by atoms with Gasteiger partial charge in [0, 0.05) is 6.54 Å². The second-order valence-corrected chi connectivity index (χ2v) is 7.01. The molecule has 1 saturated heterocycles. The van der Waals surface area contributed by atoms with Crippen molar-refractivity contribution < 1.29 is 4.74 Å². The maximum atomic E-state index is 5.59. The minimum Gasteiger partial charge on any atom is -0.496 e. The van der Waals surface area contributed by atoms with Gasteiger partial charge in [0.1, 0.15) is 5.75 Å². The Morgan fingerprint density at radius 3 is 2.48 bits per heavy atom. The molecule has 2 nitrogen and oxygen atoms in total. The van der Waals surface area contributed by atoms with E-state index >= 15 is 0 Å². The maximum absolute atomic E-state index is 5.59. The minimum absolute atomic E-state index is 1.09. The van der Waals surface area contributed by atoms with Crippen molar-refractivity contribution in [3.8, 4) is 5.75 Å². The second-order valence-electron chi connectivity index (χ2n) is 7.01. The van der Waals surface area contributed by atoms with Gasteiger partial charge in [-0.25, -0.2) is 0 Å². The first-order chi connectivity index (χ1) is 11.3. The molecule has 1 aromatic rings. The molecule has 1 aliphatic heterocycles. The third-order valence-electron chi connectivity index (χ3n) is 5.44. The molecule has 1 fully saturated rings. The van der Waals surface area contributed by atoms with Crippen LogP contribution in [-0.2, 0) is 12.8 Å². The fraction of sp³-hybridized carbons (Fsp3) is 0.619. The fourth-order valence-corrected chi connectivity index (χ4v) is 4.07. The molecule has 3 rings (SSSR count). The highest BCUT2D eigenvalue weighted by Crippen LogP contribution is 2.33. The van der Waals surface area contributed by atoms with Crippen molar-refractivity contribution in [2.45, 2.75) is 58.3 Å². The quantitative estimate of drug-likeness (QED) is 0.770. The molecule has 0 bridgehead atoms. The van der Waals surface area contributed by atoms with Crippen LogP contribution in [0.15, 0.2) is 17.7 Å². The number of ether oxygens (including phenoxy) is 1. The van der Waals surface area contributed by atoms with Gasteiger partial charge in [-0.05, 0) is 80.8 Å². The molecular formula is C21H31NO. The fourth-order valence-electron chi connectivity index (χ4n) is 4.07. The van der Waals surface area contributed by atoms with Gasteiger partial charge in [-0.2, -0.15) is 0 Å². The number of hydrogen-bond acceptors (Lipinski definition) is 2. The average Bonchev–Trinajstić information content (AvgIpc) is 2.62. The van der Waals surface area contributed by atoms with E-state index in [1.165, 1.54) is 69.2 Å². The van der Waals surface area contributed by atoms with E-state index in [4.69, 9.17) is 4.74 Å². The van der Waals surface area contributed by atoms with E-state index in [0.717, 1.165) is 18.7 Å². The van der Waals surface area contributed by atoms with E-state index in [2.05, 4.69) is 30.0 Å². The van der Waals surface area contributed by atoms with Crippen LogP contribution in [0.4, 0.5) is 0 Å². The van der Waals surface area contributed by atoms with Crippen LogP contribution >= 0.6 is 0 Å². The molecule has 2 aliphatic rings. The zero-order valence-corrected chi connectivity index (χ0v) is 14.9. The first-order valence-corrected chi connectivity index (χ1v) is 9.42. The predicted molar refractivity (Wildman–Crippen MR) is 98.2 cm³/mol. The Kier molecular flexibility index (Phi) is 5.77. The van der Waals surface area contributed by atoms with Gasteiger partial charge < -0.3 is 4.74 Å². The van der Waals surface area contributed by atoms with Gasteiger partial charge >= 0.3 is 0 Å². The SMILES string of the molecule is CC/C(=C/c1ccc(OC)c2c1CCCC2)CN1CCCCC1. The van der Waals surface area contributed by atoms with E-state index in [1.54, 1.807) is 18.2 Å². The average molecular weight is 313 g/mol. The zero-order valence-electron chi connectivity index (χ0n) is 14.9. The van der Waals surface area contributed by atoms with Crippen LogP contribution in [0.2, 0.25) is 0 Å². The Hall–Kier alpha value is -1.28. The number of fused-ring (bicyclic) bond motifs is 1. The zero-order chi connectivity index (χ0) is 16.1. The van der Waals surface area contributed by atoms with Crippen molar-refractivity contribution in [2.75, 3.05) is 26.7 Å². The van der Waals surface area contributed by atoms with Gasteiger partial charge in [-0.3, -0.25) is 4.90 Å². The summed E-state index contributed by atoms with van der Waals surface area (Å²) in [5, 5.41) is 0. The molecular weight excluding hydrogens is 282 g/mol. The van der Waals surface area contributed by atoms with E-state index in [1.807, 2.05) is 0 Å². The lowest BCUT2D eigenvalue weighted by Gasteiger charge is -2.27. The van der Waals surface area contributed by atoms with Crippen LogP contribution in [0.3, 0.4) is 0 Å². The van der Waals surface area contributed by atoms with Crippen LogP contribution in [0.25, 0.3) is 6.08 Å². The number of methoxy groups -OCH3 is 1. The molecule has 0 saturated carbocycles. The van der Waals surface area contributed by atoms with E-state index in [0.29, 0.717) is 0 Å². The lowest BCUT2D eigenvalue weighted by atomic mass is 9.86. The topological polar surface area (TPSA) is 12.5 Å². The molecule has 1 heterocycles. The molecule has 23 heavy (non-hydrogen) atoms. The maximum Gasteiger partial charge on any atom is 0.122 e. The molecule has 1 aromatic carbocycles. The van der Waals surface area contributed by atoms with Crippen LogP contribution in [0.1, 0.15) is 62.1 Å². The number of likely N-dealkylation sites (tertiary alicyclic amines) is 1. The van der Waals surface area contributed by atoms with Crippen LogP contribution in [0, 0.1) is 0 Å². The third kappa shape index (κ3) is 3.98. The van der Waals surface area contributed by atoms with Crippen molar-refractivity contribution in [1.82, 2.24) is 4.90 Å². The molecule has 0 N–H and O–H groups in total. The monoisotopic (exact) mass is 313 g/mol. The van der Waals surface area contributed by atoms with Gasteiger partial charge in [-0.15, -0.1) is 0 Å². The molecule has 0 spiro atoms. The molecule has 1 aliphatic carbocycles. The Balaban J connectivity index is 1.84. The van der Waals surface area contributed by atoms with Crippen molar-refractivity contribution >= 4 is 6.08 Å². The van der Waals surface area contributed by atoms with Gasteiger partial charge in [0.05, 0.1) is 7.11 Å². The van der Waals surface area contributed by atoms with Crippen molar-refractivity contribution in [1.29, 1.82) is 0 Å². The van der Waals surface area contributed by atoms with Crippen molar-refractivity contribution in [3.05, 3.63) is 34.4 Å². The Labute approximate surface area is 141 Å². The first kappa shape index (κ1) is 16.6. The van der Waals surface area contributed by atoms with Gasteiger partial charge in [0.25, 0.3) is 0 Å². The molecule has 0 unspecified atom stereocenters. The third-order valence-corrected chi connectivity index (χ3v) is 5.44. The van der Waals surface area contributed by atoms with Crippen molar-refractivity contribution in [2.24, 2.45) is 0 Å². The lowest BCUT2D eigenvalue weighted by Crippen LogP contribution is -2.31. The number of benzene rings is 1. The highest BCUT2D eigenvalue weighted by atomic mass is 16.5. The summed E-state index contributed by atoms with van der Waals surface area (Å²) in [4.78, 5) is 2.63. The van der Waals surface area contributed by atoms with Gasteiger partial charge in [0.15, 0.2) is 0 Å². The molecule has 2 heteroatoms.